The van der Waals surface area contributed by atoms with Gasteiger partial charge in [0.2, 0.25) is 15.9 Å². The summed E-state index contributed by atoms with van der Waals surface area (Å²) >= 11 is 0. The second kappa shape index (κ2) is 5.97. The predicted octanol–water partition coefficient (Wildman–Crippen LogP) is -1.41. The average molecular weight is 305 g/mol. The quantitative estimate of drug-likeness (QED) is 0.652. The van der Waals surface area contributed by atoms with E-state index in [0.717, 1.165) is 32.2 Å². The molecule has 1 atom stereocenters. The second-order valence-electron chi connectivity index (χ2n) is 5.87. The van der Waals surface area contributed by atoms with Crippen molar-refractivity contribution in [3.63, 3.8) is 0 Å². The number of carbonyl (C=O) groups excluding carboxylic acids is 1. The monoisotopic (exact) mass is 305 g/mol. The third-order valence-corrected chi connectivity index (χ3v) is 4.56. The highest BCUT2D eigenvalue weighted by Crippen LogP contribution is 2.24. The molecule has 2 N–H and O–H groups in total. The molecule has 2 rings (SSSR count). The zero-order valence-electron chi connectivity index (χ0n) is 11.8. The molecule has 7 nitrogen and oxygen atoms in total. The van der Waals surface area contributed by atoms with E-state index in [1.807, 2.05) is 0 Å². The zero-order valence-corrected chi connectivity index (χ0v) is 12.7. The number of hydrogen-bond donors (Lipinski definition) is 2. The molecule has 2 aliphatic rings. The summed E-state index contributed by atoms with van der Waals surface area (Å²) in [5.74, 6) is -0.284. The Morgan fingerprint density at radius 1 is 1.30 bits per heavy atom. The van der Waals surface area contributed by atoms with Gasteiger partial charge < -0.3 is 14.9 Å². The lowest BCUT2D eigenvalue weighted by Crippen LogP contribution is -2.46. The van der Waals surface area contributed by atoms with Crippen molar-refractivity contribution in [3.05, 3.63) is 0 Å². The fraction of sp³-hybridized carbons (Fsp3) is 0.917. The van der Waals surface area contributed by atoms with Gasteiger partial charge in [0, 0.05) is 13.1 Å². The van der Waals surface area contributed by atoms with Crippen molar-refractivity contribution in [3.8, 4) is 0 Å². The van der Waals surface area contributed by atoms with E-state index in [1.165, 1.54) is 4.90 Å². The van der Waals surface area contributed by atoms with E-state index in [9.17, 15) is 18.3 Å². The summed E-state index contributed by atoms with van der Waals surface area (Å²) in [5.41, 5.74) is -0.856. The lowest BCUT2D eigenvalue weighted by atomic mass is 10.0. The molecule has 0 aliphatic carbocycles. The highest BCUT2D eigenvalue weighted by molar-refractivity contribution is 7.88. The molecule has 0 aromatic heterocycles. The first-order chi connectivity index (χ1) is 9.27. The van der Waals surface area contributed by atoms with Crippen molar-refractivity contribution in [2.45, 2.75) is 24.9 Å². The number of nitrogens with one attached hydrogen (secondary N) is 1. The molecule has 2 heterocycles. The van der Waals surface area contributed by atoms with Crippen LogP contribution in [0.15, 0.2) is 0 Å². The minimum atomic E-state index is -3.36. The van der Waals surface area contributed by atoms with Crippen LogP contribution < -0.4 is 4.72 Å². The van der Waals surface area contributed by atoms with Crippen molar-refractivity contribution in [1.29, 1.82) is 0 Å². The van der Waals surface area contributed by atoms with Gasteiger partial charge in [0.05, 0.1) is 24.9 Å². The van der Waals surface area contributed by atoms with Gasteiger partial charge in [0.25, 0.3) is 0 Å². The van der Waals surface area contributed by atoms with E-state index in [-0.39, 0.29) is 19.0 Å². The maximum Gasteiger partial charge on any atom is 0.237 e. The lowest BCUT2D eigenvalue weighted by molar-refractivity contribution is -0.130. The van der Waals surface area contributed by atoms with Crippen LogP contribution in [0.5, 0.6) is 0 Å². The van der Waals surface area contributed by atoms with E-state index in [2.05, 4.69) is 9.62 Å². The van der Waals surface area contributed by atoms with Crippen molar-refractivity contribution in [1.82, 2.24) is 14.5 Å². The molecule has 0 bridgehead atoms. The molecule has 2 saturated heterocycles. The average Bonchev–Trinajstić information content (AvgIpc) is 2.95. The number of nitrogens with zero attached hydrogens (tertiary/aromatic N) is 2. The summed E-state index contributed by atoms with van der Waals surface area (Å²) in [4.78, 5) is 15.7. The minimum Gasteiger partial charge on any atom is -0.387 e. The Morgan fingerprint density at radius 3 is 2.55 bits per heavy atom. The molecule has 2 aliphatic heterocycles. The summed E-state index contributed by atoms with van der Waals surface area (Å²) in [7, 11) is -3.36. The van der Waals surface area contributed by atoms with Gasteiger partial charge in [-0.3, -0.25) is 4.79 Å². The minimum absolute atomic E-state index is 0.237. The molecule has 1 unspecified atom stereocenters. The van der Waals surface area contributed by atoms with Gasteiger partial charge in [-0.05, 0) is 32.4 Å². The summed E-state index contributed by atoms with van der Waals surface area (Å²) in [6.07, 6.45) is 3.90. The molecule has 0 aromatic rings. The first-order valence-corrected chi connectivity index (χ1v) is 8.84. The Bertz CT molecular complexity index is 461. The van der Waals surface area contributed by atoms with Crippen LogP contribution in [0.25, 0.3) is 0 Å². The van der Waals surface area contributed by atoms with Gasteiger partial charge in [0.1, 0.15) is 0 Å². The number of aliphatic hydroxyl groups is 1. The number of hydrogen-bond acceptors (Lipinski definition) is 5. The zero-order chi connectivity index (χ0) is 14.8. The van der Waals surface area contributed by atoms with Crippen molar-refractivity contribution in [2.24, 2.45) is 0 Å². The van der Waals surface area contributed by atoms with E-state index < -0.39 is 15.6 Å². The number of sulfonamides is 1. The van der Waals surface area contributed by atoms with Crippen LogP contribution in [0.3, 0.4) is 0 Å². The molecule has 0 radical (unpaired) electrons. The first kappa shape index (κ1) is 15.7. The van der Waals surface area contributed by atoms with Gasteiger partial charge in [-0.2, -0.15) is 0 Å². The van der Waals surface area contributed by atoms with E-state index in [1.54, 1.807) is 0 Å². The van der Waals surface area contributed by atoms with Crippen LogP contribution in [0.2, 0.25) is 0 Å². The number of β-amino-alcohol motifs (C(OH)–C–C–N with tert-alkyl or cyclic N) is 1. The Hall–Kier alpha value is -0.700. The van der Waals surface area contributed by atoms with Gasteiger partial charge in [-0.25, -0.2) is 13.1 Å². The Balaban J connectivity index is 1.82. The topological polar surface area (TPSA) is 90.0 Å². The van der Waals surface area contributed by atoms with Gasteiger partial charge >= 0.3 is 0 Å². The van der Waals surface area contributed by atoms with Crippen molar-refractivity contribution >= 4 is 15.9 Å². The van der Waals surface area contributed by atoms with Crippen molar-refractivity contribution < 1.29 is 18.3 Å². The van der Waals surface area contributed by atoms with Crippen LogP contribution in [0, 0.1) is 0 Å². The van der Waals surface area contributed by atoms with E-state index in [4.69, 9.17) is 0 Å². The van der Waals surface area contributed by atoms with Gasteiger partial charge in [-0.1, -0.05) is 0 Å². The third-order valence-electron chi connectivity index (χ3n) is 3.89. The number of carbonyl (C=O) groups is 1. The van der Waals surface area contributed by atoms with Crippen LogP contribution in [0.1, 0.15) is 19.3 Å². The molecule has 0 saturated carbocycles. The second-order valence-corrected chi connectivity index (χ2v) is 7.70. The third kappa shape index (κ3) is 4.41. The smallest absolute Gasteiger partial charge is 0.237 e. The molecule has 0 aromatic carbocycles. The first-order valence-electron chi connectivity index (χ1n) is 6.95. The van der Waals surface area contributed by atoms with Crippen LogP contribution >= 0.6 is 0 Å². The maximum absolute atomic E-state index is 11.9. The summed E-state index contributed by atoms with van der Waals surface area (Å²) < 4.78 is 24.1. The standard InChI is InChI=1S/C12H23N3O4S/c1-20(18,19)13-8-11(16)15-7-4-12(17,10-15)9-14-5-2-3-6-14/h13,17H,2-10H2,1H3. The van der Waals surface area contributed by atoms with Crippen LogP contribution in [-0.2, 0) is 14.8 Å². The fourth-order valence-electron chi connectivity index (χ4n) is 2.86. The molecule has 2 fully saturated rings. The fourth-order valence-corrected chi connectivity index (χ4v) is 3.25. The molecule has 20 heavy (non-hydrogen) atoms. The highest BCUT2D eigenvalue weighted by Gasteiger charge is 2.39. The molecule has 0 spiro atoms. The summed E-state index contributed by atoms with van der Waals surface area (Å²) in [6, 6.07) is 0. The predicted molar refractivity (Wildman–Crippen MR) is 74.7 cm³/mol. The molecule has 8 heteroatoms. The molecular formula is C12H23N3O4S. The largest absolute Gasteiger partial charge is 0.387 e. The van der Waals surface area contributed by atoms with Gasteiger partial charge in [-0.15, -0.1) is 0 Å². The Labute approximate surface area is 120 Å². The van der Waals surface area contributed by atoms with Gasteiger partial charge in [0.15, 0.2) is 0 Å². The molecular weight excluding hydrogens is 282 g/mol. The highest BCUT2D eigenvalue weighted by atomic mass is 32.2. The van der Waals surface area contributed by atoms with E-state index in [0.29, 0.717) is 19.5 Å². The molecule has 116 valence electrons. The number of rotatable bonds is 5. The molecule has 1 amide bonds. The lowest BCUT2D eigenvalue weighted by Gasteiger charge is -2.28. The number of likely N-dealkylation sites (tertiary alicyclic amines) is 2. The SMILES string of the molecule is CS(=O)(=O)NCC(=O)N1CCC(O)(CN2CCCC2)C1. The Kier molecular flexibility index (Phi) is 4.68. The van der Waals surface area contributed by atoms with Crippen LogP contribution in [-0.4, -0.2) is 80.4 Å². The Morgan fingerprint density at radius 2 is 1.95 bits per heavy atom. The van der Waals surface area contributed by atoms with Crippen LogP contribution in [0.4, 0.5) is 0 Å². The van der Waals surface area contributed by atoms with E-state index >= 15 is 0 Å². The number of amides is 1. The summed E-state index contributed by atoms with van der Waals surface area (Å²) in [5, 5.41) is 10.5. The van der Waals surface area contributed by atoms with Crippen molar-refractivity contribution in [2.75, 3.05) is 45.5 Å². The maximum atomic E-state index is 11.9. The summed E-state index contributed by atoms with van der Waals surface area (Å²) in [6.45, 7) is 3.13. The normalized spacial score (nSPS) is 28.2.